The van der Waals surface area contributed by atoms with E-state index in [4.69, 9.17) is 11.6 Å². The summed E-state index contributed by atoms with van der Waals surface area (Å²) in [6.45, 7) is 2.76. The topological polar surface area (TPSA) is 30.7 Å². The summed E-state index contributed by atoms with van der Waals surface area (Å²) in [5, 5.41) is 0.524. The fraction of sp³-hybridized carbons (Fsp3) is 0.200. The zero-order valence-corrected chi connectivity index (χ0v) is 8.57. The Morgan fingerprint density at radius 2 is 2.21 bits per heavy atom. The minimum absolute atomic E-state index is 0.524. The molecule has 0 unspecified atom stereocenters. The Kier molecular flexibility index (Phi) is 2.50. The van der Waals surface area contributed by atoms with E-state index in [0.29, 0.717) is 5.15 Å². The number of hydrogen-bond donors (Lipinski definition) is 0. The highest BCUT2D eigenvalue weighted by Gasteiger charge is 1.98. The molecule has 0 amide bonds. The maximum atomic E-state index is 5.69. The van der Waals surface area contributed by atoms with Crippen LogP contribution in [0.5, 0.6) is 0 Å². The molecule has 0 bridgehead atoms. The summed E-state index contributed by atoms with van der Waals surface area (Å²) in [5.74, 6) is 1.000. The molecule has 0 atom stereocenters. The van der Waals surface area contributed by atoms with Crippen LogP contribution in [0.4, 0.5) is 0 Å². The Labute approximate surface area is 87.4 Å². The molecule has 0 fully saturated rings. The first kappa shape index (κ1) is 9.21. The molecule has 3 nitrogen and oxygen atoms in total. The van der Waals surface area contributed by atoms with Gasteiger partial charge in [-0.3, -0.25) is 0 Å². The Bertz CT molecular complexity index is 419. The van der Waals surface area contributed by atoms with Crippen LogP contribution in [0.25, 0.3) is 0 Å². The van der Waals surface area contributed by atoms with E-state index < -0.39 is 0 Å². The average Bonchev–Trinajstić information content (AvgIpc) is 2.56. The molecule has 0 spiro atoms. The van der Waals surface area contributed by atoms with Crippen molar-refractivity contribution in [2.45, 2.75) is 13.5 Å². The first-order valence-electron chi connectivity index (χ1n) is 4.34. The van der Waals surface area contributed by atoms with E-state index in [9.17, 15) is 0 Å². The summed E-state index contributed by atoms with van der Waals surface area (Å²) >= 11 is 5.69. The third-order valence-electron chi connectivity index (χ3n) is 2.07. The van der Waals surface area contributed by atoms with Gasteiger partial charge in [-0.25, -0.2) is 9.97 Å². The van der Waals surface area contributed by atoms with E-state index in [1.165, 1.54) is 0 Å². The number of halogens is 1. The summed E-state index contributed by atoms with van der Waals surface area (Å²) < 4.78 is 2.06. The largest absolute Gasteiger partial charge is 0.331 e. The van der Waals surface area contributed by atoms with Crippen LogP contribution in [0.15, 0.2) is 30.7 Å². The smallest absolute Gasteiger partial charge is 0.129 e. The molecule has 4 heteroatoms. The quantitative estimate of drug-likeness (QED) is 0.708. The summed E-state index contributed by atoms with van der Waals surface area (Å²) in [7, 11) is 0. The predicted octanol–water partition coefficient (Wildman–Crippen LogP) is 2.29. The number of aryl methyl sites for hydroxylation is 1. The Balaban J connectivity index is 2.19. The number of hydrogen-bond acceptors (Lipinski definition) is 2. The third-order valence-corrected chi connectivity index (χ3v) is 2.29. The van der Waals surface area contributed by atoms with Gasteiger partial charge in [-0.1, -0.05) is 17.7 Å². The lowest BCUT2D eigenvalue weighted by Crippen LogP contribution is -2.00. The maximum Gasteiger partial charge on any atom is 0.129 e. The fourth-order valence-corrected chi connectivity index (χ4v) is 1.38. The standard InChI is InChI=1S/C10H10ClN3/c1-8-12-4-5-14(8)7-9-2-3-10(11)13-6-9/h2-6H,7H2,1H3. The molecule has 2 heterocycles. The Morgan fingerprint density at radius 3 is 2.79 bits per heavy atom. The molecule has 0 radical (unpaired) electrons. The Morgan fingerprint density at radius 1 is 1.36 bits per heavy atom. The highest BCUT2D eigenvalue weighted by atomic mass is 35.5. The maximum absolute atomic E-state index is 5.69. The molecule has 2 rings (SSSR count). The van der Waals surface area contributed by atoms with Crippen molar-refractivity contribution in [3.8, 4) is 0 Å². The monoisotopic (exact) mass is 207 g/mol. The van der Waals surface area contributed by atoms with E-state index in [0.717, 1.165) is 17.9 Å². The molecule has 14 heavy (non-hydrogen) atoms. The molecule has 0 saturated carbocycles. The van der Waals surface area contributed by atoms with Gasteiger partial charge in [0.25, 0.3) is 0 Å². The number of rotatable bonds is 2. The minimum atomic E-state index is 0.524. The van der Waals surface area contributed by atoms with Crippen molar-refractivity contribution >= 4 is 11.6 Å². The lowest BCUT2D eigenvalue weighted by Gasteiger charge is -2.04. The first-order valence-corrected chi connectivity index (χ1v) is 4.71. The lowest BCUT2D eigenvalue weighted by atomic mass is 10.3. The molecule has 2 aromatic rings. The molecular formula is C10H10ClN3. The van der Waals surface area contributed by atoms with Crippen LogP contribution in [0.1, 0.15) is 11.4 Å². The van der Waals surface area contributed by atoms with Gasteiger partial charge in [-0.2, -0.15) is 0 Å². The van der Waals surface area contributed by atoms with Crippen molar-refractivity contribution in [2.75, 3.05) is 0 Å². The van der Waals surface area contributed by atoms with E-state index >= 15 is 0 Å². The van der Waals surface area contributed by atoms with Crippen molar-refractivity contribution in [3.63, 3.8) is 0 Å². The van der Waals surface area contributed by atoms with Crippen LogP contribution >= 0.6 is 11.6 Å². The fourth-order valence-electron chi connectivity index (χ4n) is 1.27. The Hall–Kier alpha value is -1.35. The van der Waals surface area contributed by atoms with Gasteiger partial charge in [0.2, 0.25) is 0 Å². The highest BCUT2D eigenvalue weighted by molar-refractivity contribution is 6.29. The molecule has 72 valence electrons. The van der Waals surface area contributed by atoms with Gasteiger partial charge in [0.15, 0.2) is 0 Å². The molecular weight excluding hydrogens is 198 g/mol. The third kappa shape index (κ3) is 1.93. The van der Waals surface area contributed by atoms with Crippen LogP contribution in [-0.2, 0) is 6.54 Å². The van der Waals surface area contributed by atoms with E-state index in [2.05, 4.69) is 14.5 Å². The second-order valence-corrected chi connectivity index (χ2v) is 3.48. The van der Waals surface area contributed by atoms with Gasteiger partial charge < -0.3 is 4.57 Å². The SMILES string of the molecule is Cc1nccn1Cc1ccc(Cl)nc1. The van der Waals surface area contributed by atoms with Crippen molar-refractivity contribution in [1.29, 1.82) is 0 Å². The van der Waals surface area contributed by atoms with Gasteiger partial charge >= 0.3 is 0 Å². The molecule has 0 aliphatic rings. The van der Waals surface area contributed by atoms with Crippen molar-refractivity contribution in [3.05, 3.63) is 47.3 Å². The highest BCUT2D eigenvalue weighted by Crippen LogP contribution is 2.07. The molecule has 0 N–H and O–H groups in total. The number of pyridine rings is 1. The molecule has 2 aromatic heterocycles. The van der Waals surface area contributed by atoms with Crippen molar-refractivity contribution < 1.29 is 0 Å². The predicted molar refractivity (Wildman–Crippen MR) is 55.3 cm³/mol. The van der Waals surface area contributed by atoms with E-state index in [1.807, 2.05) is 19.2 Å². The van der Waals surface area contributed by atoms with Gasteiger partial charge in [0.1, 0.15) is 11.0 Å². The van der Waals surface area contributed by atoms with Crippen molar-refractivity contribution in [1.82, 2.24) is 14.5 Å². The number of nitrogens with zero attached hydrogens (tertiary/aromatic N) is 3. The van der Waals surface area contributed by atoms with Crippen LogP contribution in [-0.4, -0.2) is 14.5 Å². The summed E-state index contributed by atoms with van der Waals surface area (Å²) in [4.78, 5) is 8.17. The van der Waals surface area contributed by atoms with Crippen LogP contribution in [0.3, 0.4) is 0 Å². The van der Waals surface area contributed by atoms with Gasteiger partial charge in [0.05, 0.1) is 6.54 Å². The van der Waals surface area contributed by atoms with Crippen LogP contribution in [0.2, 0.25) is 5.15 Å². The molecule has 0 saturated heterocycles. The van der Waals surface area contributed by atoms with Crippen LogP contribution < -0.4 is 0 Å². The lowest BCUT2D eigenvalue weighted by molar-refractivity contribution is 0.758. The second-order valence-electron chi connectivity index (χ2n) is 3.09. The zero-order valence-electron chi connectivity index (χ0n) is 7.81. The van der Waals surface area contributed by atoms with Crippen molar-refractivity contribution in [2.24, 2.45) is 0 Å². The molecule has 0 aromatic carbocycles. The summed E-state index contributed by atoms with van der Waals surface area (Å²) in [5.41, 5.74) is 1.12. The zero-order chi connectivity index (χ0) is 9.97. The van der Waals surface area contributed by atoms with E-state index in [1.54, 1.807) is 18.5 Å². The van der Waals surface area contributed by atoms with Crippen LogP contribution in [0, 0.1) is 6.92 Å². The molecule has 0 aliphatic heterocycles. The molecule has 0 aliphatic carbocycles. The summed E-state index contributed by atoms with van der Waals surface area (Å²) in [6, 6.07) is 3.76. The first-order chi connectivity index (χ1) is 6.75. The normalized spacial score (nSPS) is 10.4. The average molecular weight is 208 g/mol. The minimum Gasteiger partial charge on any atom is -0.331 e. The van der Waals surface area contributed by atoms with Gasteiger partial charge in [-0.05, 0) is 18.6 Å². The van der Waals surface area contributed by atoms with Gasteiger partial charge in [-0.15, -0.1) is 0 Å². The number of aromatic nitrogens is 3. The second kappa shape index (κ2) is 3.80. The number of imidazole rings is 1. The van der Waals surface area contributed by atoms with E-state index in [-0.39, 0.29) is 0 Å². The van der Waals surface area contributed by atoms with Gasteiger partial charge in [0, 0.05) is 18.6 Å². The summed E-state index contributed by atoms with van der Waals surface area (Å²) in [6.07, 6.45) is 5.52.